The number of hydrogen-bond donors (Lipinski definition) is 0. The number of nitrogens with zero attached hydrogens (tertiary/aromatic N) is 1. The van der Waals surface area contributed by atoms with E-state index in [9.17, 15) is 25.2 Å². The zero-order valence-corrected chi connectivity index (χ0v) is 25.4. The van der Waals surface area contributed by atoms with E-state index in [-0.39, 0.29) is 28.0 Å². The maximum atomic E-state index is 9.87. The van der Waals surface area contributed by atoms with E-state index < -0.39 is 7.81 Å². The Kier molecular flexibility index (Phi) is 13.0. The van der Waals surface area contributed by atoms with Gasteiger partial charge in [-0.1, -0.05) is 84.2 Å². The van der Waals surface area contributed by atoms with Crippen LogP contribution in [0.2, 0.25) is 0 Å². The fraction of sp³-hybridized carbons (Fsp3) is 0.520. The van der Waals surface area contributed by atoms with Crippen molar-refractivity contribution in [3.8, 4) is 0 Å². The largest absolute Gasteiger partial charge is 0 e. The normalized spacial score (nSPS) is 18.1. The predicted octanol–water partition coefficient (Wildman–Crippen LogP) is 10.8. The second kappa shape index (κ2) is 13.2. The number of allylic oxidation sites excluding steroid dienone is 5. The number of hydrogen-bond acceptors (Lipinski definition) is 1. The first-order valence-electron chi connectivity index (χ1n) is 11.5. The molecule has 1 aromatic rings. The number of likely N-dealkylation sites (N-methyl/N-ethyl adjacent to an activating group) is 1. The van der Waals surface area contributed by atoms with Crippen LogP contribution in [0.4, 0.5) is 25.2 Å². The summed E-state index contributed by atoms with van der Waals surface area (Å²) in [5, 5.41) is 1.65. The Morgan fingerprint density at radius 2 is 1.11 bits per heavy atom. The molecule has 0 spiro atoms. The molecule has 0 saturated heterocycles. The van der Waals surface area contributed by atoms with Gasteiger partial charge in [-0.15, -0.1) is 0 Å². The number of fused-ring (bicyclic) bond motifs is 1. The summed E-state index contributed by atoms with van der Waals surface area (Å²) >= 11 is 0. The van der Waals surface area contributed by atoms with Crippen LogP contribution in [0.25, 0.3) is 5.31 Å². The van der Waals surface area contributed by atoms with Gasteiger partial charge in [-0.3, -0.25) is 0 Å². The molecule has 0 heterocycles. The van der Waals surface area contributed by atoms with Gasteiger partial charge in [-0.2, -0.15) is 0 Å². The quantitative estimate of drug-likeness (QED) is 0.170. The van der Waals surface area contributed by atoms with Crippen LogP contribution in [0, 0.1) is 0 Å². The molecule has 35 heavy (non-hydrogen) atoms. The van der Waals surface area contributed by atoms with Gasteiger partial charge in [0.1, 0.15) is 0 Å². The first-order chi connectivity index (χ1) is 15.4. The van der Waals surface area contributed by atoms with Crippen molar-refractivity contribution in [2.75, 3.05) is 14.1 Å². The van der Waals surface area contributed by atoms with Crippen molar-refractivity contribution in [3.05, 3.63) is 65.4 Å². The predicted molar refractivity (Wildman–Crippen MR) is 138 cm³/mol. The van der Waals surface area contributed by atoms with E-state index >= 15 is 0 Å². The summed E-state index contributed by atoms with van der Waals surface area (Å²) in [6.07, 6.45) is 15.1. The summed E-state index contributed by atoms with van der Waals surface area (Å²) in [5.74, 6) is 0. The van der Waals surface area contributed by atoms with E-state index in [1.165, 1.54) is 42.5 Å². The molecule has 1 radical (unpaired) electrons. The van der Waals surface area contributed by atoms with Crippen molar-refractivity contribution >= 4 is 21.0 Å². The molecular weight excluding hydrogens is 682 g/mol. The summed E-state index contributed by atoms with van der Waals surface area (Å²) in [4.78, 5) is 2.33. The fourth-order valence-corrected chi connectivity index (χ4v) is 7.25. The summed E-state index contributed by atoms with van der Waals surface area (Å²) < 4.78 is 59.2. The Labute approximate surface area is 221 Å². The molecule has 1 nitrogen and oxygen atoms in total. The smallest absolute Gasteiger partial charge is 0 e. The maximum absolute atomic E-state index is 10.7. The molecule has 0 unspecified atom stereocenters. The Balaban J connectivity index is 0.000000599. The van der Waals surface area contributed by atoms with Crippen LogP contribution in [0.1, 0.15) is 64.5 Å². The summed E-state index contributed by atoms with van der Waals surface area (Å²) in [5.41, 5.74) is 6.04. The molecule has 0 saturated carbocycles. The number of rotatable bonds is 4. The van der Waals surface area contributed by atoms with Gasteiger partial charge in [0.05, 0.1) is 0 Å². The second-order valence-corrected chi connectivity index (χ2v) is 14.4. The summed E-state index contributed by atoms with van der Waals surface area (Å²) in [7, 11) is -6.38. The molecule has 10 heteroatoms. The molecule has 0 aliphatic heterocycles. The van der Waals surface area contributed by atoms with Crippen LogP contribution < -0.4 is 0 Å². The van der Waals surface area contributed by atoms with E-state index in [0.29, 0.717) is 0 Å². The molecule has 0 amide bonds. The van der Waals surface area contributed by atoms with Crippen LogP contribution in [-0.2, 0) is 26.5 Å². The molecule has 0 N–H and O–H groups in total. The van der Waals surface area contributed by atoms with Crippen molar-refractivity contribution in [3.63, 3.8) is 0 Å². The minimum Gasteiger partial charge on any atom is 0 e. The third kappa shape index (κ3) is 15.2. The average molecular weight is 721 g/mol. The van der Waals surface area contributed by atoms with Crippen molar-refractivity contribution < 1.29 is 45.3 Å². The molecule has 2 aliphatic carbocycles. The van der Waals surface area contributed by atoms with Gasteiger partial charge in [0.2, 0.25) is 0 Å². The second-order valence-electron chi connectivity index (χ2n) is 9.17. The van der Waals surface area contributed by atoms with E-state index in [0.717, 1.165) is 17.7 Å². The average Bonchev–Trinajstić information content (AvgIpc) is 2.98. The Morgan fingerprint density at radius 3 is 1.46 bits per heavy atom. The van der Waals surface area contributed by atoms with Gasteiger partial charge in [-0.05, 0) is 48.1 Å². The molecule has 0 atom stereocenters. The van der Waals surface area contributed by atoms with Gasteiger partial charge >= 0.3 is 33.0 Å². The zero-order chi connectivity index (χ0) is 26.2. The minimum absolute atomic E-state index is 0. The molecule has 3 rings (SSSR count). The summed E-state index contributed by atoms with van der Waals surface area (Å²) in [6, 6.07) is 8.97. The Bertz CT molecular complexity index is 846. The monoisotopic (exact) mass is 721 g/mol. The van der Waals surface area contributed by atoms with Gasteiger partial charge in [0, 0.05) is 51.6 Å². The van der Waals surface area contributed by atoms with Gasteiger partial charge in [0.25, 0.3) is 0 Å². The number of benzene rings is 1. The van der Waals surface area contributed by atoms with Crippen molar-refractivity contribution in [2.24, 2.45) is 0 Å². The van der Waals surface area contributed by atoms with Crippen LogP contribution >= 0.6 is 15.7 Å². The van der Waals surface area contributed by atoms with Crippen LogP contribution in [0.5, 0.6) is 0 Å². The number of halogens is 6. The third-order valence-corrected chi connectivity index (χ3v) is 8.39. The molecule has 2 aliphatic rings. The van der Waals surface area contributed by atoms with Crippen LogP contribution in [0.3, 0.4) is 0 Å². The fourth-order valence-electron chi connectivity index (χ4n) is 3.95. The first-order valence-corrected chi connectivity index (χ1v) is 15.0. The standard InChI is InChI=1S/C17H26NP.C8H12.F6P.Ir/c1-12(2)19(13(3)4)17-15-10-8-7-9-14(15)11-16(17)18(5)6;1-2-4-6-8-7-5-3-1;1-7(2,3,4,5)6;/h7-10,12-13H,11H2,1-6H3;1-2,7-8H,3-6H2;;/q;;-1;/b;2-1-,8-7?;;. The van der Waals surface area contributed by atoms with Crippen molar-refractivity contribution in [1.29, 1.82) is 0 Å². The zero-order valence-electron chi connectivity index (χ0n) is 21.3. The minimum atomic E-state index is -10.7. The molecule has 0 bridgehead atoms. The molecule has 205 valence electrons. The Morgan fingerprint density at radius 1 is 0.743 bits per heavy atom. The van der Waals surface area contributed by atoms with Gasteiger partial charge in [0.15, 0.2) is 0 Å². The van der Waals surface area contributed by atoms with Gasteiger partial charge < -0.3 is 4.90 Å². The maximum Gasteiger partial charge on any atom is 0 e. The third-order valence-electron chi connectivity index (χ3n) is 5.15. The van der Waals surface area contributed by atoms with E-state index in [1.54, 1.807) is 5.31 Å². The van der Waals surface area contributed by atoms with Crippen molar-refractivity contribution in [1.82, 2.24) is 4.90 Å². The van der Waals surface area contributed by atoms with E-state index in [2.05, 4.69) is 95.3 Å². The van der Waals surface area contributed by atoms with E-state index in [1.807, 2.05) is 0 Å². The SMILES string of the molecule is C1=CCC/C=C\CC1.CC(C)P(C1=C(N(C)C)Cc2ccccc21)C(C)C.F[P-](F)(F)(F)(F)F.[Ir]. The Hall–Kier alpha value is -0.671. The molecule has 1 aromatic carbocycles. The topological polar surface area (TPSA) is 3.24 Å². The molecule has 0 fully saturated rings. The molecular formula is C25H38F6IrNP2-. The molecule has 0 aromatic heterocycles. The van der Waals surface area contributed by atoms with E-state index in [4.69, 9.17) is 0 Å². The van der Waals surface area contributed by atoms with Gasteiger partial charge in [-0.25, -0.2) is 0 Å². The van der Waals surface area contributed by atoms with Crippen molar-refractivity contribution in [2.45, 2.75) is 71.1 Å². The van der Waals surface area contributed by atoms with Crippen LogP contribution in [0.15, 0.2) is 54.3 Å². The summed E-state index contributed by atoms with van der Waals surface area (Å²) in [6.45, 7) is 9.53. The first kappa shape index (κ1) is 34.3. The van der Waals surface area contributed by atoms with Crippen LogP contribution in [-0.4, -0.2) is 30.3 Å².